The highest BCUT2D eigenvalue weighted by Crippen LogP contribution is 2.41. The molecule has 0 radical (unpaired) electrons. The van der Waals surface area contributed by atoms with Gasteiger partial charge in [0, 0.05) is 0 Å². The predicted octanol–water partition coefficient (Wildman–Crippen LogP) is 2.91. The van der Waals surface area contributed by atoms with Gasteiger partial charge in [-0.15, -0.1) is 11.8 Å². The molecule has 0 bridgehead atoms. The third-order valence-electron chi connectivity index (χ3n) is 2.30. The van der Waals surface area contributed by atoms with Crippen molar-refractivity contribution in [3.05, 3.63) is 0 Å². The second-order valence-electron chi connectivity index (χ2n) is 3.76. The fourth-order valence-corrected chi connectivity index (χ4v) is 3.32. The van der Waals surface area contributed by atoms with Gasteiger partial charge in [0.1, 0.15) is 5.25 Å². The molecule has 14 heavy (non-hydrogen) atoms. The molecule has 1 heterocycles. The summed E-state index contributed by atoms with van der Waals surface area (Å²) in [6.45, 7) is 3.94. The number of hydrogen-bond acceptors (Lipinski definition) is 4. The van der Waals surface area contributed by atoms with Crippen LogP contribution in [-0.2, 0) is 9.53 Å². The number of esters is 1. The van der Waals surface area contributed by atoms with Crippen molar-refractivity contribution in [3.8, 4) is 0 Å². The highest BCUT2D eigenvalue weighted by atomic mass is 32.2. The van der Waals surface area contributed by atoms with Gasteiger partial charge in [0.25, 0.3) is 0 Å². The minimum Gasteiger partial charge on any atom is -0.447 e. The molecule has 2 atom stereocenters. The summed E-state index contributed by atoms with van der Waals surface area (Å²) in [4.78, 5) is 11.0. The highest BCUT2D eigenvalue weighted by molar-refractivity contribution is 8.02. The van der Waals surface area contributed by atoms with Crippen molar-refractivity contribution in [3.63, 3.8) is 0 Å². The maximum absolute atomic E-state index is 11.2. The first kappa shape index (κ1) is 12.2. The molecule has 0 aromatic rings. The number of ether oxygens (including phenoxy) is 1. The van der Waals surface area contributed by atoms with Crippen LogP contribution in [0.15, 0.2) is 0 Å². The van der Waals surface area contributed by atoms with Crippen molar-refractivity contribution in [1.29, 1.82) is 0 Å². The molecule has 0 aliphatic carbocycles. The second-order valence-corrected chi connectivity index (χ2v) is 6.56. The number of rotatable bonds is 5. The fourth-order valence-electron chi connectivity index (χ4n) is 1.54. The van der Waals surface area contributed by atoms with Crippen molar-refractivity contribution in [2.75, 3.05) is 12.0 Å². The molecule has 1 aliphatic heterocycles. The SMILES string of the molecule is CSCCCCC1(C)OC(=O)C(C)S1. The number of unbranched alkanes of at least 4 members (excludes halogenated alkanes) is 1. The molecule has 1 aliphatic rings. The minimum absolute atomic E-state index is 0.0144. The van der Waals surface area contributed by atoms with E-state index in [0.29, 0.717) is 0 Å². The maximum atomic E-state index is 11.2. The van der Waals surface area contributed by atoms with Gasteiger partial charge in [-0.25, -0.2) is 0 Å². The first-order valence-corrected chi connectivity index (χ1v) is 7.24. The summed E-state index contributed by atoms with van der Waals surface area (Å²) < 4.78 is 5.36. The van der Waals surface area contributed by atoms with Gasteiger partial charge in [0.2, 0.25) is 0 Å². The lowest BCUT2D eigenvalue weighted by molar-refractivity contribution is -0.146. The van der Waals surface area contributed by atoms with Crippen LogP contribution in [0, 0.1) is 0 Å². The van der Waals surface area contributed by atoms with Crippen LogP contribution in [0.25, 0.3) is 0 Å². The number of hydrogen-bond donors (Lipinski definition) is 0. The van der Waals surface area contributed by atoms with E-state index in [2.05, 4.69) is 6.26 Å². The molecule has 0 aromatic carbocycles. The highest BCUT2D eigenvalue weighted by Gasteiger charge is 2.41. The zero-order chi connectivity index (χ0) is 10.6. The second kappa shape index (κ2) is 5.31. The van der Waals surface area contributed by atoms with E-state index in [1.165, 1.54) is 12.2 Å². The van der Waals surface area contributed by atoms with Gasteiger partial charge >= 0.3 is 5.97 Å². The molecule has 1 saturated heterocycles. The Labute approximate surface area is 94.5 Å². The van der Waals surface area contributed by atoms with Crippen LogP contribution in [0.3, 0.4) is 0 Å². The quantitative estimate of drug-likeness (QED) is 0.540. The minimum atomic E-state index is -0.255. The molecule has 0 saturated carbocycles. The molecule has 2 unspecified atom stereocenters. The number of cyclic esters (lactones) is 1. The molecule has 1 rings (SSSR count). The summed E-state index contributed by atoms with van der Waals surface area (Å²) >= 11 is 3.52. The molecule has 2 nitrogen and oxygen atoms in total. The molecular formula is C10H18O2S2. The van der Waals surface area contributed by atoms with Crippen LogP contribution in [0.5, 0.6) is 0 Å². The van der Waals surface area contributed by atoms with E-state index in [1.807, 2.05) is 25.6 Å². The summed E-state index contributed by atoms with van der Waals surface area (Å²) in [5.41, 5.74) is 0. The van der Waals surface area contributed by atoms with E-state index in [4.69, 9.17) is 4.74 Å². The molecule has 1 fully saturated rings. The van der Waals surface area contributed by atoms with E-state index in [0.717, 1.165) is 12.8 Å². The molecule has 82 valence electrons. The van der Waals surface area contributed by atoms with Crippen molar-refractivity contribution in [2.24, 2.45) is 0 Å². The monoisotopic (exact) mass is 234 g/mol. The average molecular weight is 234 g/mol. The van der Waals surface area contributed by atoms with Crippen LogP contribution < -0.4 is 0 Å². The lowest BCUT2D eigenvalue weighted by Crippen LogP contribution is -2.20. The van der Waals surface area contributed by atoms with Crippen molar-refractivity contribution < 1.29 is 9.53 Å². The number of carbonyl (C=O) groups is 1. The normalized spacial score (nSPS) is 31.9. The smallest absolute Gasteiger partial charge is 0.320 e. The molecule has 0 spiro atoms. The van der Waals surface area contributed by atoms with Gasteiger partial charge in [-0.1, -0.05) is 0 Å². The van der Waals surface area contributed by atoms with Crippen molar-refractivity contribution in [1.82, 2.24) is 0 Å². The molecule has 0 aromatic heterocycles. The Bertz CT molecular complexity index is 208. The van der Waals surface area contributed by atoms with Gasteiger partial charge < -0.3 is 4.74 Å². The van der Waals surface area contributed by atoms with Crippen LogP contribution >= 0.6 is 23.5 Å². The molecular weight excluding hydrogens is 216 g/mol. The summed E-state index contributed by atoms with van der Waals surface area (Å²) in [5.74, 6) is 1.15. The van der Waals surface area contributed by atoms with Gasteiger partial charge in [0.15, 0.2) is 4.93 Å². The number of thioether (sulfide) groups is 2. The van der Waals surface area contributed by atoms with E-state index in [9.17, 15) is 4.79 Å². The molecule has 0 amide bonds. The Hall–Kier alpha value is 0.170. The zero-order valence-corrected chi connectivity index (χ0v) is 10.7. The lowest BCUT2D eigenvalue weighted by atomic mass is 10.2. The summed E-state index contributed by atoms with van der Waals surface area (Å²) in [6.07, 6.45) is 5.45. The Morgan fingerprint density at radius 2 is 2.29 bits per heavy atom. The van der Waals surface area contributed by atoms with Crippen LogP contribution in [0.1, 0.15) is 33.1 Å². The van der Waals surface area contributed by atoms with Gasteiger partial charge in [0.05, 0.1) is 0 Å². The van der Waals surface area contributed by atoms with Crippen LogP contribution in [0.4, 0.5) is 0 Å². The summed E-state index contributed by atoms with van der Waals surface area (Å²) in [7, 11) is 0. The molecule has 0 N–H and O–H groups in total. The Morgan fingerprint density at radius 1 is 1.57 bits per heavy atom. The molecule has 4 heteroatoms. The van der Waals surface area contributed by atoms with E-state index < -0.39 is 0 Å². The average Bonchev–Trinajstić information content (AvgIpc) is 2.36. The Balaban J connectivity index is 2.26. The Morgan fingerprint density at radius 3 is 2.79 bits per heavy atom. The van der Waals surface area contributed by atoms with Gasteiger partial charge in [-0.05, 0) is 45.1 Å². The van der Waals surface area contributed by atoms with E-state index in [1.54, 1.807) is 11.8 Å². The first-order chi connectivity index (χ1) is 6.57. The summed E-state index contributed by atoms with van der Waals surface area (Å²) in [6, 6.07) is 0. The van der Waals surface area contributed by atoms with E-state index >= 15 is 0 Å². The fraction of sp³-hybridized carbons (Fsp3) is 0.900. The standard InChI is InChI=1S/C10H18O2S2/c1-8-9(11)12-10(2,14-8)6-4-5-7-13-3/h8H,4-7H2,1-3H3. The third-order valence-corrected chi connectivity index (χ3v) is 4.33. The first-order valence-electron chi connectivity index (χ1n) is 4.97. The summed E-state index contributed by atoms with van der Waals surface area (Å²) in [5, 5.41) is 0.0144. The van der Waals surface area contributed by atoms with E-state index in [-0.39, 0.29) is 16.2 Å². The Kier molecular flexibility index (Phi) is 4.64. The lowest BCUT2D eigenvalue weighted by Gasteiger charge is -2.21. The zero-order valence-electron chi connectivity index (χ0n) is 9.04. The largest absolute Gasteiger partial charge is 0.447 e. The van der Waals surface area contributed by atoms with Crippen LogP contribution in [-0.4, -0.2) is 28.2 Å². The van der Waals surface area contributed by atoms with Crippen molar-refractivity contribution in [2.45, 2.75) is 43.3 Å². The number of carbonyl (C=O) groups excluding carboxylic acids is 1. The van der Waals surface area contributed by atoms with Crippen molar-refractivity contribution >= 4 is 29.5 Å². The predicted molar refractivity (Wildman–Crippen MR) is 63.8 cm³/mol. The maximum Gasteiger partial charge on any atom is 0.320 e. The third kappa shape index (κ3) is 3.39. The topological polar surface area (TPSA) is 26.3 Å². The van der Waals surface area contributed by atoms with Crippen LogP contribution in [0.2, 0.25) is 0 Å². The van der Waals surface area contributed by atoms with Gasteiger partial charge in [-0.3, -0.25) is 4.79 Å². The van der Waals surface area contributed by atoms with Gasteiger partial charge in [-0.2, -0.15) is 11.8 Å².